The summed E-state index contributed by atoms with van der Waals surface area (Å²) < 4.78 is 4.56. The SMILES string of the molecule is CC/C=C\C/C=C\C/C=C\CCCCCCCC(=O)OC(O)(O)CC. The van der Waals surface area contributed by atoms with Gasteiger partial charge in [-0.3, -0.25) is 4.79 Å². The molecule has 0 rings (SSSR count). The number of rotatable bonds is 15. The van der Waals surface area contributed by atoms with Crippen molar-refractivity contribution < 1.29 is 19.7 Å². The first-order valence-electron chi connectivity index (χ1n) is 9.63. The Morgan fingerprint density at radius 2 is 1.40 bits per heavy atom. The van der Waals surface area contributed by atoms with Crippen molar-refractivity contribution in [3.8, 4) is 0 Å². The minimum atomic E-state index is -2.31. The van der Waals surface area contributed by atoms with Gasteiger partial charge in [0.2, 0.25) is 0 Å². The molecule has 0 atom stereocenters. The van der Waals surface area contributed by atoms with Gasteiger partial charge < -0.3 is 14.9 Å². The number of carbonyl (C=O) groups excluding carboxylic acids is 1. The van der Waals surface area contributed by atoms with E-state index in [9.17, 15) is 15.0 Å². The molecule has 0 aliphatic carbocycles. The predicted molar refractivity (Wildman–Crippen MR) is 103 cm³/mol. The monoisotopic (exact) mass is 352 g/mol. The van der Waals surface area contributed by atoms with E-state index in [0.717, 1.165) is 57.8 Å². The summed E-state index contributed by atoms with van der Waals surface area (Å²) in [4.78, 5) is 11.4. The van der Waals surface area contributed by atoms with Crippen molar-refractivity contribution in [1.29, 1.82) is 0 Å². The lowest BCUT2D eigenvalue weighted by molar-refractivity contribution is -0.319. The first-order chi connectivity index (χ1) is 12.0. The second-order valence-electron chi connectivity index (χ2n) is 6.17. The lowest BCUT2D eigenvalue weighted by Crippen LogP contribution is -2.33. The topological polar surface area (TPSA) is 66.8 Å². The van der Waals surface area contributed by atoms with Crippen LogP contribution in [-0.2, 0) is 9.53 Å². The zero-order valence-corrected chi connectivity index (χ0v) is 16.0. The van der Waals surface area contributed by atoms with E-state index in [0.29, 0.717) is 0 Å². The summed E-state index contributed by atoms with van der Waals surface area (Å²) in [6.45, 7) is 3.68. The third-order valence-electron chi connectivity index (χ3n) is 3.77. The molecule has 144 valence electrons. The minimum Gasteiger partial charge on any atom is -0.408 e. The van der Waals surface area contributed by atoms with Gasteiger partial charge in [-0.25, -0.2) is 0 Å². The second-order valence-corrected chi connectivity index (χ2v) is 6.17. The number of esters is 1. The lowest BCUT2D eigenvalue weighted by atomic mass is 10.1. The first-order valence-corrected chi connectivity index (χ1v) is 9.63. The Balaban J connectivity index is 3.43. The van der Waals surface area contributed by atoms with E-state index in [1.807, 2.05) is 0 Å². The predicted octanol–water partition coefficient (Wildman–Crippen LogP) is 5.17. The number of carbonyl (C=O) groups is 1. The average Bonchev–Trinajstić information content (AvgIpc) is 2.58. The largest absolute Gasteiger partial charge is 0.408 e. The van der Waals surface area contributed by atoms with E-state index in [2.05, 4.69) is 48.1 Å². The van der Waals surface area contributed by atoms with Crippen molar-refractivity contribution in [1.82, 2.24) is 0 Å². The summed E-state index contributed by atoms with van der Waals surface area (Å²) in [6, 6.07) is 0. The molecular weight excluding hydrogens is 316 g/mol. The molecule has 0 unspecified atom stereocenters. The average molecular weight is 353 g/mol. The van der Waals surface area contributed by atoms with Crippen LogP contribution in [0.15, 0.2) is 36.5 Å². The Hall–Kier alpha value is -1.39. The molecule has 0 aromatic carbocycles. The molecular formula is C21H36O4. The Morgan fingerprint density at radius 1 is 0.840 bits per heavy atom. The van der Waals surface area contributed by atoms with Gasteiger partial charge in [0.1, 0.15) is 0 Å². The van der Waals surface area contributed by atoms with Gasteiger partial charge in [0, 0.05) is 12.8 Å². The quantitative estimate of drug-likeness (QED) is 0.185. The summed E-state index contributed by atoms with van der Waals surface area (Å²) in [6.07, 6.45) is 22.7. The van der Waals surface area contributed by atoms with E-state index in [4.69, 9.17) is 0 Å². The summed E-state index contributed by atoms with van der Waals surface area (Å²) in [5.41, 5.74) is 0. The van der Waals surface area contributed by atoms with Crippen LogP contribution in [0, 0.1) is 0 Å². The van der Waals surface area contributed by atoms with E-state index in [-0.39, 0.29) is 12.8 Å². The Morgan fingerprint density at radius 3 is 2.04 bits per heavy atom. The van der Waals surface area contributed by atoms with Gasteiger partial charge in [-0.15, -0.1) is 0 Å². The highest BCUT2D eigenvalue weighted by molar-refractivity contribution is 5.69. The normalized spacial score (nSPS) is 12.6. The fourth-order valence-electron chi connectivity index (χ4n) is 2.19. The molecule has 0 bridgehead atoms. The molecule has 2 N–H and O–H groups in total. The van der Waals surface area contributed by atoms with Crippen LogP contribution >= 0.6 is 0 Å². The maximum atomic E-state index is 11.4. The van der Waals surface area contributed by atoms with Gasteiger partial charge in [-0.2, -0.15) is 0 Å². The van der Waals surface area contributed by atoms with E-state index < -0.39 is 11.9 Å². The molecule has 0 fully saturated rings. The van der Waals surface area contributed by atoms with Gasteiger partial charge >= 0.3 is 11.9 Å². The minimum absolute atomic E-state index is 0.0298. The second kappa shape index (κ2) is 16.1. The maximum absolute atomic E-state index is 11.4. The number of hydrogen-bond donors (Lipinski definition) is 2. The third kappa shape index (κ3) is 17.2. The van der Waals surface area contributed by atoms with Gasteiger partial charge in [0.05, 0.1) is 0 Å². The molecule has 0 aromatic heterocycles. The molecule has 0 saturated carbocycles. The Bertz CT molecular complexity index is 408. The molecule has 0 amide bonds. The van der Waals surface area contributed by atoms with Crippen LogP contribution in [0.5, 0.6) is 0 Å². The van der Waals surface area contributed by atoms with Gasteiger partial charge in [0.25, 0.3) is 0 Å². The van der Waals surface area contributed by atoms with E-state index >= 15 is 0 Å². The number of unbranched alkanes of at least 4 members (excludes halogenated alkanes) is 5. The van der Waals surface area contributed by atoms with Gasteiger partial charge in [0.15, 0.2) is 0 Å². The molecule has 4 heteroatoms. The molecule has 25 heavy (non-hydrogen) atoms. The Labute approximate surface area is 153 Å². The molecule has 4 nitrogen and oxygen atoms in total. The molecule has 0 saturated heterocycles. The third-order valence-corrected chi connectivity index (χ3v) is 3.77. The van der Waals surface area contributed by atoms with Crippen molar-refractivity contribution in [2.45, 2.75) is 90.4 Å². The summed E-state index contributed by atoms with van der Waals surface area (Å²) in [5, 5.41) is 18.4. The van der Waals surface area contributed by atoms with Gasteiger partial charge in [-0.05, 0) is 38.5 Å². The van der Waals surface area contributed by atoms with Crippen LogP contribution in [0.4, 0.5) is 0 Å². The number of hydrogen-bond acceptors (Lipinski definition) is 4. The fourth-order valence-corrected chi connectivity index (χ4v) is 2.19. The summed E-state index contributed by atoms with van der Waals surface area (Å²) >= 11 is 0. The standard InChI is InChI=1S/C21H36O4/c1-3-5-6-7-8-9-10-11-12-13-14-15-16-17-18-19-20(22)25-21(23,24)4-2/h5-6,8-9,11-12,23-24H,3-4,7,10,13-19H2,1-2H3/b6-5-,9-8-,12-11-. The zero-order valence-electron chi connectivity index (χ0n) is 16.0. The first kappa shape index (κ1) is 23.6. The number of aliphatic hydroxyl groups is 2. The smallest absolute Gasteiger partial charge is 0.323 e. The van der Waals surface area contributed by atoms with Crippen LogP contribution < -0.4 is 0 Å². The maximum Gasteiger partial charge on any atom is 0.323 e. The van der Waals surface area contributed by atoms with E-state index in [1.165, 1.54) is 0 Å². The van der Waals surface area contributed by atoms with Crippen LogP contribution in [0.3, 0.4) is 0 Å². The lowest BCUT2D eigenvalue weighted by Gasteiger charge is -2.19. The van der Waals surface area contributed by atoms with Crippen LogP contribution in [0.25, 0.3) is 0 Å². The molecule has 0 heterocycles. The Kier molecular flexibility index (Phi) is 15.2. The van der Waals surface area contributed by atoms with Crippen molar-refractivity contribution in [3.05, 3.63) is 36.5 Å². The molecule has 0 radical (unpaired) electrons. The van der Waals surface area contributed by atoms with Crippen LogP contribution in [0.1, 0.15) is 84.5 Å². The fraction of sp³-hybridized carbons (Fsp3) is 0.667. The van der Waals surface area contributed by atoms with Crippen LogP contribution in [-0.4, -0.2) is 22.2 Å². The van der Waals surface area contributed by atoms with Gasteiger partial charge in [-0.1, -0.05) is 69.6 Å². The molecule has 0 aliphatic rings. The highest BCUT2D eigenvalue weighted by Crippen LogP contribution is 2.12. The summed E-state index contributed by atoms with van der Waals surface area (Å²) in [5.74, 6) is -2.86. The highest BCUT2D eigenvalue weighted by atomic mass is 16.8. The van der Waals surface area contributed by atoms with Crippen molar-refractivity contribution >= 4 is 5.97 Å². The van der Waals surface area contributed by atoms with Crippen LogP contribution in [0.2, 0.25) is 0 Å². The van der Waals surface area contributed by atoms with Crippen molar-refractivity contribution in [2.24, 2.45) is 0 Å². The van der Waals surface area contributed by atoms with E-state index in [1.54, 1.807) is 6.92 Å². The number of ether oxygens (including phenoxy) is 1. The molecule has 0 aliphatic heterocycles. The zero-order chi connectivity index (χ0) is 18.8. The number of allylic oxidation sites excluding steroid dienone is 6. The summed E-state index contributed by atoms with van der Waals surface area (Å²) in [7, 11) is 0. The highest BCUT2D eigenvalue weighted by Gasteiger charge is 2.25. The molecule has 0 aromatic rings. The van der Waals surface area contributed by atoms with Crippen molar-refractivity contribution in [3.63, 3.8) is 0 Å². The molecule has 0 spiro atoms. The van der Waals surface area contributed by atoms with Crippen molar-refractivity contribution in [2.75, 3.05) is 0 Å².